The van der Waals surface area contributed by atoms with Gasteiger partial charge < -0.3 is 5.11 Å². The van der Waals surface area contributed by atoms with Crippen LogP contribution in [0, 0.1) is 12.7 Å². The van der Waals surface area contributed by atoms with Crippen LogP contribution >= 0.6 is 27.3 Å². The summed E-state index contributed by atoms with van der Waals surface area (Å²) in [5.74, 6) is -1.95. The molecule has 0 saturated heterocycles. The highest BCUT2D eigenvalue weighted by Crippen LogP contribution is 2.28. The SMILES string of the molecule is Cc1cc(Br)c(F)cc1NS(=O)(=O)c1ccsc1C(=O)O. The molecule has 0 atom stereocenters. The predicted octanol–water partition coefficient (Wildman–Crippen LogP) is 3.46. The molecule has 0 amide bonds. The number of rotatable bonds is 4. The third kappa shape index (κ3) is 3.25. The lowest BCUT2D eigenvalue weighted by atomic mass is 10.2. The van der Waals surface area contributed by atoms with Gasteiger partial charge in [0.2, 0.25) is 0 Å². The first-order valence-electron chi connectivity index (χ1n) is 5.51. The molecule has 0 fully saturated rings. The molecule has 0 bridgehead atoms. The summed E-state index contributed by atoms with van der Waals surface area (Å²) in [7, 11) is -4.10. The fourth-order valence-electron chi connectivity index (χ4n) is 1.62. The largest absolute Gasteiger partial charge is 0.477 e. The van der Waals surface area contributed by atoms with Crippen molar-refractivity contribution in [1.82, 2.24) is 0 Å². The maximum Gasteiger partial charge on any atom is 0.347 e. The van der Waals surface area contributed by atoms with Gasteiger partial charge in [0.1, 0.15) is 15.6 Å². The van der Waals surface area contributed by atoms with Gasteiger partial charge in [0.15, 0.2) is 0 Å². The summed E-state index contributed by atoms with van der Waals surface area (Å²) in [4.78, 5) is 10.4. The Bertz CT molecular complexity index is 817. The third-order valence-electron chi connectivity index (χ3n) is 2.62. The number of aryl methyl sites for hydroxylation is 1. The number of hydrogen-bond donors (Lipinski definition) is 2. The Morgan fingerprint density at radius 2 is 2.10 bits per heavy atom. The number of carboxylic acids is 1. The summed E-state index contributed by atoms with van der Waals surface area (Å²) in [5, 5.41) is 10.3. The fraction of sp³-hybridized carbons (Fsp3) is 0.0833. The van der Waals surface area contributed by atoms with Crippen LogP contribution in [0.1, 0.15) is 15.2 Å². The van der Waals surface area contributed by atoms with Crippen molar-refractivity contribution in [2.75, 3.05) is 4.72 Å². The molecule has 112 valence electrons. The van der Waals surface area contributed by atoms with Crippen LogP contribution in [0.15, 0.2) is 32.9 Å². The van der Waals surface area contributed by atoms with Crippen LogP contribution in [0.5, 0.6) is 0 Å². The van der Waals surface area contributed by atoms with E-state index in [2.05, 4.69) is 20.7 Å². The van der Waals surface area contributed by atoms with Crippen molar-refractivity contribution >= 4 is 48.9 Å². The molecule has 0 spiro atoms. The quantitative estimate of drug-likeness (QED) is 0.832. The van der Waals surface area contributed by atoms with Gasteiger partial charge in [-0.25, -0.2) is 17.6 Å². The van der Waals surface area contributed by atoms with Gasteiger partial charge in [-0.1, -0.05) is 0 Å². The number of benzene rings is 1. The zero-order valence-electron chi connectivity index (χ0n) is 10.6. The summed E-state index contributed by atoms with van der Waals surface area (Å²) in [6.07, 6.45) is 0. The average molecular weight is 394 g/mol. The lowest BCUT2D eigenvalue weighted by Crippen LogP contribution is -2.16. The normalized spacial score (nSPS) is 11.4. The first-order valence-corrected chi connectivity index (χ1v) is 8.67. The Balaban J connectivity index is 2.45. The molecule has 0 unspecified atom stereocenters. The number of carboxylic acid groups (broad SMARTS) is 1. The third-order valence-corrected chi connectivity index (χ3v) is 5.67. The Morgan fingerprint density at radius 1 is 1.43 bits per heavy atom. The highest BCUT2D eigenvalue weighted by Gasteiger charge is 2.24. The Kier molecular flexibility index (Phi) is 4.35. The summed E-state index contributed by atoms with van der Waals surface area (Å²) < 4.78 is 40.4. The first-order chi connectivity index (χ1) is 9.72. The molecule has 1 aromatic carbocycles. The number of sulfonamides is 1. The van der Waals surface area contributed by atoms with Crippen LogP contribution in [0.2, 0.25) is 0 Å². The minimum Gasteiger partial charge on any atom is -0.477 e. The Morgan fingerprint density at radius 3 is 2.71 bits per heavy atom. The van der Waals surface area contributed by atoms with Crippen LogP contribution in [0.25, 0.3) is 0 Å². The van der Waals surface area contributed by atoms with Crippen molar-refractivity contribution in [1.29, 1.82) is 0 Å². The highest BCUT2D eigenvalue weighted by atomic mass is 79.9. The minimum absolute atomic E-state index is 0.0539. The molecule has 21 heavy (non-hydrogen) atoms. The molecule has 9 heteroatoms. The van der Waals surface area contributed by atoms with Crippen LogP contribution in [0.4, 0.5) is 10.1 Å². The number of thiophene rings is 1. The van der Waals surface area contributed by atoms with E-state index < -0.39 is 21.8 Å². The lowest BCUT2D eigenvalue weighted by molar-refractivity contribution is 0.0698. The van der Waals surface area contributed by atoms with Crippen LogP contribution in [-0.4, -0.2) is 19.5 Å². The van der Waals surface area contributed by atoms with E-state index in [-0.39, 0.29) is 19.9 Å². The van der Waals surface area contributed by atoms with Gasteiger partial charge in [-0.2, -0.15) is 0 Å². The summed E-state index contributed by atoms with van der Waals surface area (Å²) in [5.41, 5.74) is 0.553. The van der Waals surface area contributed by atoms with Crippen molar-refractivity contribution in [2.24, 2.45) is 0 Å². The van der Waals surface area contributed by atoms with Crippen LogP contribution in [-0.2, 0) is 10.0 Å². The molecule has 2 N–H and O–H groups in total. The molecular formula is C12H9BrFNO4S2. The molecule has 5 nitrogen and oxygen atoms in total. The topological polar surface area (TPSA) is 83.5 Å². The number of carbonyl (C=O) groups is 1. The maximum absolute atomic E-state index is 13.5. The highest BCUT2D eigenvalue weighted by molar-refractivity contribution is 9.10. The molecule has 1 heterocycles. The molecule has 0 radical (unpaired) electrons. The fourth-order valence-corrected chi connectivity index (χ4v) is 4.46. The van der Waals surface area contributed by atoms with Crippen molar-refractivity contribution in [3.05, 3.63) is 44.3 Å². The predicted molar refractivity (Wildman–Crippen MR) is 80.9 cm³/mol. The minimum atomic E-state index is -4.10. The average Bonchev–Trinajstić information content (AvgIpc) is 2.85. The molecule has 1 aromatic heterocycles. The van der Waals surface area contributed by atoms with Gasteiger partial charge in [0, 0.05) is 0 Å². The van der Waals surface area contributed by atoms with Crippen molar-refractivity contribution in [2.45, 2.75) is 11.8 Å². The molecule has 2 aromatic rings. The number of halogens is 2. The monoisotopic (exact) mass is 393 g/mol. The van der Waals surface area contributed by atoms with Gasteiger partial charge in [-0.05, 0) is 52.0 Å². The van der Waals surface area contributed by atoms with E-state index in [0.29, 0.717) is 5.56 Å². The number of hydrogen-bond acceptors (Lipinski definition) is 4. The number of aromatic carboxylic acids is 1. The van der Waals surface area contributed by atoms with Crippen molar-refractivity contribution in [3.63, 3.8) is 0 Å². The molecule has 0 aliphatic heterocycles. The van der Waals surface area contributed by atoms with E-state index in [4.69, 9.17) is 5.11 Å². The standard InChI is InChI=1S/C12H9BrFNO4S2/c1-6-4-7(13)8(14)5-9(6)15-21(18,19)10-2-3-20-11(10)12(16)17/h2-5,15H,1H3,(H,16,17). The zero-order chi connectivity index (χ0) is 15.8. The van der Waals surface area contributed by atoms with Gasteiger partial charge >= 0.3 is 5.97 Å². The second-order valence-corrected chi connectivity index (χ2v) is 7.53. The van der Waals surface area contributed by atoms with E-state index in [9.17, 15) is 17.6 Å². The first kappa shape index (κ1) is 15.9. The van der Waals surface area contributed by atoms with Crippen LogP contribution < -0.4 is 4.72 Å². The van der Waals surface area contributed by atoms with Crippen molar-refractivity contribution in [3.8, 4) is 0 Å². The molecule has 2 rings (SSSR count). The summed E-state index contributed by atoms with van der Waals surface area (Å²) >= 11 is 3.81. The van der Waals surface area contributed by atoms with E-state index >= 15 is 0 Å². The zero-order valence-corrected chi connectivity index (χ0v) is 13.8. The molecule has 0 aliphatic carbocycles. The summed E-state index contributed by atoms with van der Waals surface area (Å²) in [6, 6.07) is 3.66. The maximum atomic E-state index is 13.5. The van der Waals surface area contributed by atoms with E-state index in [0.717, 1.165) is 17.4 Å². The Hall–Kier alpha value is -1.45. The smallest absolute Gasteiger partial charge is 0.347 e. The summed E-state index contributed by atoms with van der Waals surface area (Å²) in [6.45, 7) is 1.60. The molecule has 0 aliphatic rings. The van der Waals surface area contributed by atoms with E-state index in [1.807, 2.05) is 0 Å². The van der Waals surface area contributed by atoms with Gasteiger partial charge in [0.05, 0.1) is 10.2 Å². The Labute approximate surface area is 132 Å². The van der Waals surface area contributed by atoms with Crippen molar-refractivity contribution < 1.29 is 22.7 Å². The van der Waals surface area contributed by atoms with Crippen LogP contribution in [0.3, 0.4) is 0 Å². The van der Waals surface area contributed by atoms with E-state index in [1.54, 1.807) is 6.92 Å². The molecule has 0 saturated carbocycles. The molecular weight excluding hydrogens is 385 g/mol. The van der Waals surface area contributed by atoms with Gasteiger partial charge in [-0.15, -0.1) is 11.3 Å². The van der Waals surface area contributed by atoms with Gasteiger partial charge in [-0.3, -0.25) is 4.72 Å². The number of anilines is 1. The number of nitrogens with one attached hydrogen (secondary N) is 1. The second-order valence-electron chi connectivity index (χ2n) is 4.11. The second kappa shape index (κ2) is 5.74. The van der Waals surface area contributed by atoms with Gasteiger partial charge in [0.25, 0.3) is 10.0 Å². The lowest BCUT2D eigenvalue weighted by Gasteiger charge is -2.11. The van der Waals surface area contributed by atoms with E-state index in [1.165, 1.54) is 17.5 Å².